The van der Waals surface area contributed by atoms with Crippen LogP contribution in [0.2, 0.25) is 10.0 Å². The van der Waals surface area contributed by atoms with Crippen LogP contribution in [0, 0.1) is 0 Å². The minimum atomic E-state index is -0.356. The first-order chi connectivity index (χ1) is 12.6. The maximum Gasteiger partial charge on any atom is 0.291 e. The predicted molar refractivity (Wildman–Crippen MR) is 111 cm³/mol. The van der Waals surface area contributed by atoms with Crippen molar-refractivity contribution >= 4 is 58.1 Å². The summed E-state index contributed by atoms with van der Waals surface area (Å²) in [5.74, 6) is 0.296. The van der Waals surface area contributed by atoms with E-state index in [1.54, 1.807) is 36.5 Å². The highest BCUT2D eigenvalue weighted by Gasteiger charge is 2.15. The van der Waals surface area contributed by atoms with Gasteiger partial charge in [-0.15, -0.1) is 12.4 Å². The highest BCUT2D eigenvalue weighted by atomic mass is 35.5. The van der Waals surface area contributed by atoms with Gasteiger partial charge in [0.25, 0.3) is 5.91 Å². The van der Waals surface area contributed by atoms with Crippen LogP contribution in [0.15, 0.2) is 71.3 Å². The third-order valence-electron chi connectivity index (χ3n) is 3.92. The molecule has 27 heavy (non-hydrogen) atoms. The van der Waals surface area contributed by atoms with Crippen LogP contribution in [0.1, 0.15) is 10.6 Å². The Balaban J connectivity index is 0.00000210. The Morgan fingerprint density at radius 3 is 2.70 bits per heavy atom. The number of hydrogen-bond acceptors (Lipinski definition) is 3. The minimum absolute atomic E-state index is 0. The standard InChI is InChI=1S/C20H12Cl2N2O2.ClH/c21-12-6-7-15(22)14(11-12)18-8-9-19(26-18)20(25)24-17-5-1-4-16-13(17)3-2-10-23-16;/h1-11H,(H,24,25);1H. The molecule has 0 atom stereocenters. The maximum absolute atomic E-state index is 12.6. The second kappa shape index (κ2) is 8.01. The number of nitrogens with zero attached hydrogens (tertiary/aromatic N) is 1. The lowest BCUT2D eigenvalue weighted by atomic mass is 10.2. The molecule has 0 bridgehead atoms. The van der Waals surface area contributed by atoms with Crippen molar-refractivity contribution in [1.82, 2.24) is 4.98 Å². The van der Waals surface area contributed by atoms with E-state index in [4.69, 9.17) is 27.6 Å². The van der Waals surface area contributed by atoms with Gasteiger partial charge in [0, 0.05) is 22.2 Å². The minimum Gasteiger partial charge on any atom is -0.451 e. The smallest absolute Gasteiger partial charge is 0.291 e. The molecular weight excluding hydrogens is 407 g/mol. The number of benzene rings is 2. The molecule has 1 amide bonds. The zero-order chi connectivity index (χ0) is 18.1. The Labute approximate surface area is 171 Å². The number of carbonyl (C=O) groups is 1. The molecule has 0 spiro atoms. The van der Waals surface area contributed by atoms with Crippen molar-refractivity contribution in [2.45, 2.75) is 0 Å². The summed E-state index contributed by atoms with van der Waals surface area (Å²) in [4.78, 5) is 16.9. The van der Waals surface area contributed by atoms with Crippen LogP contribution in [0.3, 0.4) is 0 Å². The molecule has 2 heterocycles. The van der Waals surface area contributed by atoms with Gasteiger partial charge in [0.1, 0.15) is 5.76 Å². The average molecular weight is 420 g/mol. The van der Waals surface area contributed by atoms with Crippen LogP contribution < -0.4 is 5.32 Å². The van der Waals surface area contributed by atoms with Gasteiger partial charge in [-0.3, -0.25) is 9.78 Å². The highest BCUT2D eigenvalue weighted by molar-refractivity contribution is 6.35. The van der Waals surface area contributed by atoms with Gasteiger partial charge in [-0.25, -0.2) is 0 Å². The molecule has 4 nitrogen and oxygen atoms in total. The number of furan rings is 1. The van der Waals surface area contributed by atoms with Gasteiger partial charge in [-0.05, 0) is 54.6 Å². The van der Waals surface area contributed by atoms with Crippen LogP contribution in [0.4, 0.5) is 5.69 Å². The fourth-order valence-electron chi connectivity index (χ4n) is 2.69. The third kappa shape index (κ3) is 3.93. The molecule has 0 fully saturated rings. The molecule has 0 unspecified atom stereocenters. The SMILES string of the molecule is Cl.O=C(Nc1cccc2ncccc12)c1ccc(-c2cc(Cl)ccc2Cl)o1. The lowest BCUT2D eigenvalue weighted by Crippen LogP contribution is -2.11. The van der Waals surface area contributed by atoms with Crippen molar-refractivity contribution in [3.63, 3.8) is 0 Å². The first kappa shape index (κ1) is 19.2. The Morgan fingerprint density at radius 2 is 1.85 bits per heavy atom. The number of halogens is 3. The van der Waals surface area contributed by atoms with Crippen molar-refractivity contribution in [2.75, 3.05) is 5.32 Å². The number of aromatic nitrogens is 1. The number of rotatable bonds is 3. The number of amides is 1. The number of hydrogen-bond donors (Lipinski definition) is 1. The van der Waals surface area contributed by atoms with Gasteiger partial charge < -0.3 is 9.73 Å². The number of anilines is 1. The molecule has 0 saturated carbocycles. The van der Waals surface area contributed by atoms with Gasteiger partial charge >= 0.3 is 0 Å². The van der Waals surface area contributed by atoms with Crippen LogP contribution in [0.5, 0.6) is 0 Å². The van der Waals surface area contributed by atoms with Crippen molar-refractivity contribution in [3.8, 4) is 11.3 Å². The summed E-state index contributed by atoms with van der Waals surface area (Å²) < 4.78 is 5.68. The van der Waals surface area contributed by atoms with E-state index >= 15 is 0 Å². The van der Waals surface area contributed by atoms with E-state index in [0.29, 0.717) is 27.1 Å². The fourth-order valence-corrected chi connectivity index (χ4v) is 3.07. The summed E-state index contributed by atoms with van der Waals surface area (Å²) in [7, 11) is 0. The van der Waals surface area contributed by atoms with Gasteiger partial charge in [0.15, 0.2) is 5.76 Å². The molecule has 0 radical (unpaired) electrons. The molecule has 4 rings (SSSR count). The first-order valence-electron chi connectivity index (χ1n) is 7.82. The predicted octanol–water partition coefficient (Wildman–Crippen LogP) is 6.48. The topological polar surface area (TPSA) is 55.1 Å². The van der Waals surface area contributed by atoms with Crippen LogP contribution in [-0.2, 0) is 0 Å². The molecular formula is C20H13Cl3N2O2. The van der Waals surface area contributed by atoms with Crippen molar-refractivity contribution in [3.05, 3.63) is 82.7 Å². The molecule has 0 aliphatic heterocycles. The Morgan fingerprint density at radius 1 is 1.00 bits per heavy atom. The highest BCUT2D eigenvalue weighted by Crippen LogP contribution is 2.32. The van der Waals surface area contributed by atoms with Crippen molar-refractivity contribution in [2.24, 2.45) is 0 Å². The molecule has 0 aliphatic rings. The van der Waals surface area contributed by atoms with E-state index < -0.39 is 0 Å². The summed E-state index contributed by atoms with van der Waals surface area (Å²) in [5.41, 5.74) is 2.10. The average Bonchev–Trinajstić information content (AvgIpc) is 3.14. The summed E-state index contributed by atoms with van der Waals surface area (Å²) in [6.07, 6.45) is 1.71. The maximum atomic E-state index is 12.6. The molecule has 2 aromatic carbocycles. The quantitative estimate of drug-likeness (QED) is 0.414. The van der Waals surface area contributed by atoms with Gasteiger partial charge in [-0.2, -0.15) is 0 Å². The summed E-state index contributed by atoms with van der Waals surface area (Å²) >= 11 is 12.2. The third-order valence-corrected chi connectivity index (χ3v) is 4.48. The summed E-state index contributed by atoms with van der Waals surface area (Å²) in [6, 6.07) is 17.6. The lowest BCUT2D eigenvalue weighted by molar-refractivity contribution is 0.0997. The fraction of sp³-hybridized carbons (Fsp3) is 0. The zero-order valence-electron chi connectivity index (χ0n) is 13.8. The van der Waals surface area contributed by atoms with Gasteiger partial charge in [0.05, 0.1) is 16.2 Å². The van der Waals surface area contributed by atoms with E-state index in [1.807, 2.05) is 30.3 Å². The van der Waals surface area contributed by atoms with Crippen molar-refractivity contribution < 1.29 is 9.21 Å². The van der Waals surface area contributed by atoms with Gasteiger partial charge in [0.2, 0.25) is 0 Å². The van der Waals surface area contributed by atoms with Gasteiger partial charge in [-0.1, -0.05) is 29.3 Å². The molecule has 136 valence electrons. The molecule has 0 saturated heterocycles. The zero-order valence-corrected chi connectivity index (χ0v) is 16.1. The van der Waals surface area contributed by atoms with Crippen LogP contribution in [-0.4, -0.2) is 10.9 Å². The molecule has 4 aromatic rings. The molecule has 1 N–H and O–H groups in total. The van der Waals surface area contributed by atoms with E-state index in [9.17, 15) is 4.79 Å². The second-order valence-corrected chi connectivity index (χ2v) is 6.46. The van der Waals surface area contributed by atoms with E-state index in [2.05, 4.69) is 10.3 Å². The Kier molecular flexibility index (Phi) is 5.71. The summed E-state index contributed by atoms with van der Waals surface area (Å²) in [6.45, 7) is 0. The normalized spacial score (nSPS) is 10.4. The van der Waals surface area contributed by atoms with Crippen LogP contribution in [0.25, 0.3) is 22.2 Å². The summed E-state index contributed by atoms with van der Waals surface area (Å²) in [5, 5.41) is 4.75. The first-order valence-corrected chi connectivity index (χ1v) is 8.58. The number of carbonyl (C=O) groups excluding carboxylic acids is 1. The Bertz CT molecular complexity index is 1120. The molecule has 0 aliphatic carbocycles. The monoisotopic (exact) mass is 418 g/mol. The second-order valence-electron chi connectivity index (χ2n) is 5.62. The van der Waals surface area contributed by atoms with E-state index in [-0.39, 0.29) is 24.1 Å². The van der Waals surface area contributed by atoms with Crippen LogP contribution >= 0.6 is 35.6 Å². The molecule has 2 aromatic heterocycles. The number of pyridine rings is 1. The largest absolute Gasteiger partial charge is 0.451 e. The number of nitrogens with one attached hydrogen (secondary N) is 1. The van der Waals surface area contributed by atoms with E-state index in [1.165, 1.54) is 0 Å². The van der Waals surface area contributed by atoms with E-state index in [0.717, 1.165) is 10.9 Å². The molecule has 7 heteroatoms. The van der Waals surface area contributed by atoms with Crippen molar-refractivity contribution in [1.29, 1.82) is 0 Å². The number of fused-ring (bicyclic) bond motifs is 1. The Hall–Kier alpha value is -2.53. The lowest BCUT2D eigenvalue weighted by Gasteiger charge is -2.07.